The molecule has 0 saturated heterocycles. The minimum absolute atomic E-state index is 0.491. The van der Waals surface area contributed by atoms with Crippen LogP contribution in [0.1, 0.15) is 17.9 Å². The number of methoxy groups -OCH3 is 1. The van der Waals surface area contributed by atoms with E-state index in [1.807, 2.05) is 7.05 Å². The highest BCUT2D eigenvalue weighted by Crippen LogP contribution is 2.21. The van der Waals surface area contributed by atoms with Crippen LogP contribution in [-0.2, 0) is 9.47 Å². The van der Waals surface area contributed by atoms with Gasteiger partial charge in [-0.05, 0) is 37.1 Å². The number of rotatable bonds is 9. The van der Waals surface area contributed by atoms with Crippen molar-refractivity contribution in [1.82, 2.24) is 5.32 Å². The van der Waals surface area contributed by atoms with Crippen LogP contribution in [0.3, 0.4) is 0 Å². The van der Waals surface area contributed by atoms with E-state index in [2.05, 4.69) is 45.5 Å². The van der Waals surface area contributed by atoms with E-state index >= 15 is 0 Å². The molecule has 0 spiro atoms. The van der Waals surface area contributed by atoms with Gasteiger partial charge in [-0.2, -0.15) is 0 Å². The Labute approximate surface area is 118 Å². The zero-order valence-corrected chi connectivity index (χ0v) is 12.7. The highest BCUT2D eigenvalue weighted by atomic mass is 79.9. The molecule has 0 radical (unpaired) electrons. The summed E-state index contributed by atoms with van der Waals surface area (Å²) in [4.78, 5) is 0. The maximum Gasteiger partial charge on any atom is 0.0700 e. The topological polar surface area (TPSA) is 30.5 Å². The summed E-state index contributed by atoms with van der Waals surface area (Å²) in [5, 5.41) is 3.24. The molecule has 0 aromatic heterocycles. The van der Waals surface area contributed by atoms with E-state index in [0.717, 1.165) is 24.0 Å². The molecule has 1 aromatic rings. The van der Waals surface area contributed by atoms with Crippen molar-refractivity contribution in [3.05, 3.63) is 34.3 Å². The molecule has 0 bridgehead atoms. The van der Waals surface area contributed by atoms with Gasteiger partial charge in [0.2, 0.25) is 0 Å². The van der Waals surface area contributed by atoms with Crippen molar-refractivity contribution < 1.29 is 9.47 Å². The predicted molar refractivity (Wildman–Crippen MR) is 78.1 cm³/mol. The molecule has 0 aliphatic carbocycles. The van der Waals surface area contributed by atoms with Crippen LogP contribution < -0.4 is 5.32 Å². The lowest BCUT2D eigenvalue weighted by atomic mass is 9.96. The van der Waals surface area contributed by atoms with Crippen LogP contribution in [0, 0.1) is 0 Å². The Hall–Kier alpha value is -0.420. The first-order chi connectivity index (χ1) is 8.77. The quantitative estimate of drug-likeness (QED) is 0.711. The average Bonchev–Trinajstić information content (AvgIpc) is 2.38. The van der Waals surface area contributed by atoms with Crippen LogP contribution in [0.2, 0.25) is 0 Å². The molecule has 1 atom stereocenters. The number of hydrogen-bond donors (Lipinski definition) is 1. The van der Waals surface area contributed by atoms with E-state index in [1.165, 1.54) is 5.56 Å². The number of hydrogen-bond acceptors (Lipinski definition) is 3. The van der Waals surface area contributed by atoms with E-state index in [0.29, 0.717) is 19.1 Å². The van der Waals surface area contributed by atoms with E-state index < -0.39 is 0 Å². The van der Waals surface area contributed by atoms with Gasteiger partial charge in [0.25, 0.3) is 0 Å². The number of benzene rings is 1. The van der Waals surface area contributed by atoms with Gasteiger partial charge >= 0.3 is 0 Å². The number of nitrogens with one attached hydrogen (secondary N) is 1. The van der Waals surface area contributed by atoms with E-state index in [4.69, 9.17) is 9.47 Å². The van der Waals surface area contributed by atoms with Gasteiger partial charge in [0.15, 0.2) is 0 Å². The zero-order chi connectivity index (χ0) is 13.2. The molecule has 0 aliphatic heterocycles. The molecule has 0 fully saturated rings. The summed E-state index contributed by atoms with van der Waals surface area (Å²) >= 11 is 3.46. The van der Waals surface area contributed by atoms with Gasteiger partial charge in [0.05, 0.1) is 13.2 Å². The van der Waals surface area contributed by atoms with Gasteiger partial charge in [-0.25, -0.2) is 0 Å². The van der Waals surface area contributed by atoms with Gasteiger partial charge in [-0.15, -0.1) is 0 Å². The second-order valence-electron chi connectivity index (χ2n) is 4.20. The second kappa shape index (κ2) is 9.50. The Bertz CT molecular complexity index is 316. The first-order valence-electron chi connectivity index (χ1n) is 6.24. The summed E-state index contributed by atoms with van der Waals surface area (Å²) in [5.41, 5.74) is 1.35. The van der Waals surface area contributed by atoms with Crippen molar-refractivity contribution in [2.75, 3.05) is 40.5 Å². The van der Waals surface area contributed by atoms with Gasteiger partial charge in [-0.1, -0.05) is 28.1 Å². The van der Waals surface area contributed by atoms with Gasteiger partial charge in [0, 0.05) is 24.7 Å². The molecule has 0 heterocycles. The van der Waals surface area contributed by atoms with Crippen LogP contribution in [0.5, 0.6) is 0 Å². The maximum atomic E-state index is 5.53. The summed E-state index contributed by atoms with van der Waals surface area (Å²) in [5.74, 6) is 0.491. The Morgan fingerprint density at radius 2 is 1.89 bits per heavy atom. The molecular formula is C14H22BrNO2. The summed E-state index contributed by atoms with van der Waals surface area (Å²) in [6.07, 6.45) is 1.02. The van der Waals surface area contributed by atoms with E-state index in [-0.39, 0.29) is 0 Å². The molecule has 1 aromatic carbocycles. The zero-order valence-electron chi connectivity index (χ0n) is 11.1. The molecule has 18 heavy (non-hydrogen) atoms. The number of likely N-dealkylation sites (N-methyl/N-ethyl adjacent to an activating group) is 1. The Kier molecular flexibility index (Phi) is 8.25. The highest BCUT2D eigenvalue weighted by Gasteiger charge is 2.10. The first-order valence-corrected chi connectivity index (χ1v) is 7.04. The minimum Gasteiger partial charge on any atom is -0.382 e. The Morgan fingerprint density at radius 1 is 1.17 bits per heavy atom. The molecular weight excluding hydrogens is 294 g/mol. The van der Waals surface area contributed by atoms with Crippen molar-refractivity contribution >= 4 is 15.9 Å². The van der Waals surface area contributed by atoms with Crippen molar-refractivity contribution in [2.45, 2.75) is 12.3 Å². The summed E-state index contributed by atoms with van der Waals surface area (Å²) in [6.45, 7) is 3.07. The van der Waals surface area contributed by atoms with Crippen molar-refractivity contribution in [3.63, 3.8) is 0 Å². The summed E-state index contributed by atoms with van der Waals surface area (Å²) in [6, 6.07) is 8.51. The average molecular weight is 316 g/mol. The number of ether oxygens (including phenoxy) is 2. The molecule has 0 aliphatic rings. The standard InChI is InChI=1S/C14H22BrNO2/c1-16-11-13(7-8-18-10-9-17-2)12-3-5-14(15)6-4-12/h3-6,13,16H,7-11H2,1-2H3. The molecule has 1 unspecified atom stereocenters. The highest BCUT2D eigenvalue weighted by molar-refractivity contribution is 9.10. The van der Waals surface area contributed by atoms with Crippen LogP contribution in [0.4, 0.5) is 0 Å². The third kappa shape index (κ3) is 5.96. The van der Waals surface area contributed by atoms with Crippen LogP contribution in [0.25, 0.3) is 0 Å². The number of halogens is 1. The predicted octanol–water partition coefficient (Wildman–Crippen LogP) is 2.81. The van der Waals surface area contributed by atoms with Gasteiger partial charge in [-0.3, -0.25) is 0 Å². The lowest BCUT2D eigenvalue weighted by Crippen LogP contribution is -2.19. The van der Waals surface area contributed by atoms with Crippen molar-refractivity contribution in [3.8, 4) is 0 Å². The molecule has 102 valence electrons. The molecule has 1 rings (SSSR count). The van der Waals surface area contributed by atoms with Gasteiger partial charge < -0.3 is 14.8 Å². The molecule has 0 amide bonds. The normalized spacial score (nSPS) is 12.6. The van der Waals surface area contributed by atoms with Gasteiger partial charge in [0.1, 0.15) is 0 Å². The largest absolute Gasteiger partial charge is 0.382 e. The third-order valence-corrected chi connectivity index (χ3v) is 3.36. The molecule has 0 saturated carbocycles. The fourth-order valence-corrected chi connectivity index (χ4v) is 2.10. The van der Waals surface area contributed by atoms with Crippen LogP contribution in [0.15, 0.2) is 28.7 Å². The SMILES string of the molecule is CNCC(CCOCCOC)c1ccc(Br)cc1. The minimum atomic E-state index is 0.491. The maximum absolute atomic E-state index is 5.53. The Balaban J connectivity index is 2.41. The molecule has 3 nitrogen and oxygen atoms in total. The van der Waals surface area contributed by atoms with Crippen LogP contribution >= 0.6 is 15.9 Å². The molecule has 4 heteroatoms. The lowest BCUT2D eigenvalue weighted by molar-refractivity contribution is 0.0670. The van der Waals surface area contributed by atoms with E-state index in [9.17, 15) is 0 Å². The lowest BCUT2D eigenvalue weighted by Gasteiger charge is -2.17. The summed E-state index contributed by atoms with van der Waals surface area (Å²) in [7, 11) is 3.67. The monoisotopic (exact) mass is 315 g/mol. The summed E-state index contributed by atoms with van der Waals surface area (Å²) < 4.78 is 11.6. The second-order valence-corrected chi connectivity index (χ2v) is 5.12. The fourth-order valence-electron chi connectivity index (χ4n) is 1.84. The van der Waals surface area contributed by atoms with E-state index in [1.54, 1.807) is 7.11 Å². The fraction of sp³-hybridized carbons (Fsp3) is 0.571. The van der Waals surface area contributed by atoms with Crippen molar-refractivity contribution in [1.29, 1.82) is 0 Å². The van der Waals surface area contributed by atoms with Crippen molar-refractivity contribution in [2.24, 2.45) is 0 Å². The molecule has 1 N–H and O–H groups in total. The Morgan fingerprint density at radius 3 is 2.50 bits per heavy atom. The third-order valence-electron chi connectivity index (χ3n) is 2.83. The smallest absolute Gasteiger partial charge is 0.0700 e. The first kappa shape index (κ1) is 15.6. The van der Waals surface area contributed by atoms with Crippen LogP contribution in [-0.4, -0.2) is 40.5 Å².